The summed E-state index contributed by atoms with van der Waals surface area (Å²) < 4.78 is 13.2. The number of carbonyl (C=O) groups excluding carboxylic acids is 1. The topological polar surface area (TPSA) is 55.4 Å². The molecule has 1 heterocycles. The lowest BCUT2D eigenvalue weighted by Crippen LogP contribution is -2.01. The minimum absolute atomic E-state index is 0.197. The van der Waals surface area contributed by atoms with Gasteiger partial charge in [0.1, 0.15) is 5.82 Å². The first-order chi connectivity index (χ1) is 7.16. The number of carbonyl (C=O) groups is 1. The van der Waals surface area contributed by atoms with Gasteiger partial charge in [-0.2, -0.15) is 4.99 Å². The molecule has 0 aromatic heterocycles. The molecule has 0 atom stereocenters. The highest BCUT2D eigenvalue weighted by atomic mass is 32.2. The zero-order valence-corrected chi connectivity index (χ0v) is 8.42. The highest BCUT2D eigenvalue weighted by Crippen LogP contribution is 2.26. The van der Waals surface area contributed by atoms with Crippen molar-refractivity contribution >= 4 is 28.9 Å². The number of amidine groups is 1. The Bertz CT molecular complexity index is 482. The van der Waals surface area contributed by atoms with E-state index in [2.05, 4.69) is 4.99 Å². The summed E-state index contributed by atoms with van der Waals surface area (Å²) in [5, 5.41) is 0.197. The van der Waals surface area contributed by atoms with Gasteiger partial charge in [0.25, 0.3) is 5.91 Å². The summed E-state index contributed by atoms with van der Waals surface area (Å²) in [6, 6.07) is 6.21. The molecule has 3 nitrogen and oxygen atoms in total. The molecule has 0 unspecified atom stereocenters. The number of halogens is 1. The van der Waals surface area contributed by atoms with E-state index >= 15 is 0 Å². The first-order valence-corrected chi connectivity index (χ1v) is 5.01. The van der Waals surface area contributed by atoms with Gasteiger partial charge >= 0.3 is 0 Å². The molecule has 0 saturated carbocycles. The second-order valence-electron chi connectivity index (χ2n) is 2.89. The number of hydrogen-bond acceptors (Lipinski definition) is 3. The van der Waals surface area contributed by atoms with Crippen LogP contribution in [0.15, 0.2) is 34.2 Å². The van der Waals surface area contributed by atoms with Crippen molar-refractivity contribution in [3.8, 4) is 0 Å². The quantitative estimate of drug-likeness (QED) is 0.736. The van der Waals surface area contributed by atoms with Crippen molar-refractivity contribution < 1.29 is 9.18 Å². The van der Waals surface area contributed by atoms with Crippen molar-refractivity contribution in [3.05, 3.63) is 40.6 Å². The summed E-state index contributed by atoms with van der Waals surface area (Å²) in [6.07, 6.45) is 1.45. The van der Waals surface area contributed by atoms with Gasteiger partial charge in [-0.1, -0.05) is 18.2 Å². The third kappa shape index (κ3) is 2.07. The molecule has 0 radical (unpaired) electrons. The van der Waals surface area contributed by atoms with Gasteiger partial charge in [-0.05, 0) is 23.9 Å². The Kier molecular flexibility index (Phi) is 2.55. The number of rotatable bonds is 1. The number of nitrogens with two attached hydrogens (primary N) is 1. The molecule has 76 valence electrons. The summed E-state index contributed by atoms with van der Waals surface area (Å²) in [5.74, 6) is -0.787. The minimum atomic E-state index is -0.416. The number of hydrogen-bond donors (Lipinski definition) is 1. The van der Waals surface area contributed by atoms with E-state index in [4.69, 9.17) is 5.73 Å². The van der Waals surface area contributed by atoms with E-state index in [-0.39, 0.29) is 11.0 Å². The summed E-state index contributed by atoms with van der Waals surface area (Å²) in [4.78, 5) is 15.1. The van der Waals surface area contributed by atoms with Gasteiger partial charge in [0.05, 0.1) is 4.91 Å². The molecule has 15 heavy (non-hydrogen) atoms. The fraction of sp³-hybridized carbons (Fsp3) is 0. The molecule has 1 aromatic carbocycles. The van der Waals surface area contributed by atoms with Crippen LogP contribution in [-0.2, 0) is 4.79 Å². The number of aliphatic imine (C=N–C) groups is 1. The lowest BCUT2D eigenvalue weighted by Gasteiger charge is -1.96. The van der Waals surface area contributed by atoms with Gasteiger partial charge in [0, 0.05) is 5.56 Å². The molecule has 2 N–H and O–H groups in total. The van der Waals surface area contributed by atoms with Crippen molar-refractivity contribution in [3.63, 3.8) is 0 Å². The molecule has 0 bridgehead atoms. The Morgan fingerprint density at radius 2 is 2.13 bits per heavy atom. The number of thioether (sulfide) groups is 1. The van der Waals surface area contributed by atoms with Crippen LogP contribution in [0.4, 0.5) is 4.39 Å². The van der Waals surface area contributed by atoms with E-state index in [0.29, 0.717) is 10.5 Å². The lowest BCUT2D eigenvalue weighted by molar-refractivity contribution is -0.113. The van der Waals surface area contributed by atoms with Crippen LogP contribution >= 0.6 is 11.8 Å². The Labute approximate surface area is 89.9 Å². The Hall–Kier alpha value is -1.62. The second kappa shape index (κ2) is 3.86. The van der Waals surface area contributed by atoms with Crippen molar-refractivity contribution in [1.82, 2.24) is 0 Å². The minimum Gasteiger partial charge on any atom is -0.378 e. The molecule has 1 aliphatic heterocycles. The summed E-state index contributed by atoms with van der Waals surface area (Å²) in [6.45, 7) is 0. The molecule has 0 aliphatic carbocycles. The predicted octanol–water partition coefficient (Wildman–Crippen LogP) is 1.75. The van der Waals surface area contributed by atoms with Gasteiger partial charge in [0.2, 0.25) is 0 Å². The van der Waals surface area contributed by atoms with E-state index in [0.717, 1.165) is 11.8 Å². The van der Waals surface area contributed by atoms with Crippen molar-refractivity contribution in [2.45, 2.75) is 0 Å². The van der Waals surface area contributed by atoms with Crippen LogP contribution in [0, 0.1) is 5.82 Å². The van der Waals surface area contributed by atoms with Crippen LogP contribution in [-0.4, -0.2) is 11.1 Å². The smallest absolute Gasteiger partial charge is 0.286 e. The third-order valence-electron chi connectivity index (χ3n) is 1.83. The largest absolute Gasteiger partial charge is 0.378 e. The number of benzene rings is 1. The third-order valence-corrected chi connectivity index (χ3v) is 2.64. The predicted molar refractivity (Wildman–Crippen MR) is 58.6 cm³/mol. The number of amides is 1. The Morgan fingerprint density at radius 1 is 1.40 bits per heavy atom. The maximum atomic E-state index is 13.2. The summed E-state index contributed by atoms with van der Waals surface area (Å²) in [5.41, 5.74) is 5.72. The molecule has 1 aromatic rings. The average molecular weight is 222 g/mol. The van der Waals surface area contributed by atoms with Gasteiger partial charge < -0.3 is 5.73 Å². The van der Waals surface area contributed by atoms with E-state index in [1.807, 2.05) is 0 Å². The average Bonchev–Trinajstić information content (AvgIpc) is 2.49. The highest BCUT2D eigenvalue weighted by molar-refractivity contribution is 8.18. The lowest BCUT2D eigenvalue weighted by atomic mass is 10.2. The monoisotopic (exact) mass is 222 g/mol. The zero-order chi connectivity index (χ0) is 10.8. The normalized spacial score (nSPS) is 18.3. The zero-order valence-electron chi connectivity index (χ0n) is 7.61. The Balaban J connectivity index is 2.33. The molecule has 0 spiro atoms. The SMILES string of the molecule is NC1=NC(=O)/C(=C/c2ccccc2F)S1. The summed E-state index contributed by atoms with van der Waals surface area (Å²) >= 11 is 1.05. The van der Waals surface area contributed by atoms with Gasteiger partial charge in [-0.15, -0.1) is 0 Å². The van der Waals surface area contributed by atoms with Crippen molar-refractivity contribution in [2.75, 3.05) is 0 Å². The fourth-order valence-corrected chi connectivity index (χ4v) is 1.83. The van der Waals surface area contributed by atoms with Crippen LogP contribution in [0.5, 0.6) is 0 Å². The number of nitrogens with zero attached hydrogens (tertiary/aromatic N) is 1. The van der Waals surface area contributed by atoms with Crippen LogP contribution < -0.4 is 5.73 Å². The van der Waals surface area contributed by atoms with Crippen LogP contribution in [0.3, 0.4) is 0 Å². The van der Waals surface area contributed by atoms with Crippen LogP contribution in [0.25, 0.3) is 6.08 Å². The van der Waals surface area contributed by atoms with E-state index in [1.165, 1.54) is 12.1 Å². The molecular weight excluding hydrogens is 215 g/mol. The molecule has 1 amide bonds. The van der Waals surface area contributed by atoms with Crippen LogP contribution in [0.1, 0.15) is 5.56 Å². The van der Waals surface area contributed by atoms with Gasteiger partial charge in [-0.3, -0.25) is 4.79 Å². The molecule has 1 aliphatic rings. The van der Waals surface area contributed by atoms with Crippen LogP contribution in [0.2, 0.25) is 0 Å². The Morgan fingerprint density at radius 3 is 2.73 bits per heavy atom. The molecule has 5 heteroatoms. The maximum Gasteiger partial charge on any atom is 0.286 e. The standard InChI is InChI=1S/C10H7FN2OS/c11-7-4-2-1-3-6(7)5-8-9(14)13-10(12)15-8/h1-5H,(H2,12,13,14)/b8-5-. The summed E-state index contributed by atoms with van der Waals surface area (Å²) in [7, 11) is 0. The maximum absolute atomic E-state index is 13.2. The van der Waals surface area contributed by atoms with Crippen molar-refractivity contribution in [2.24, 2.45) is 10.7 Å². The van der Waals surface area contributed by atoms with Crippen molar-refractivity contribution in [1.29, 1.82) is 0 Å². The van der Waals surface area contributed by atoms with E-state index < -0.39 is 5.91 Å². The molecule has 0 saturated heterocycles. The first kappa shape index (κ1) is 9.92. The molecular formula is C10H7FN2OS. The highest BCUT2D eigenvalue weighted by Gasteiger charge is 2.19. The first-order valence-electron chi connectivity index (χ1n) is 4.19. The second-order valence-corrected chi connectivity index (χ2v) is 3.95. The van der Waals surface area contributed by atoms with E-state index in [9.17, 15) is 9.18 Å². The fourth-order valence-electron chi connectivity index (χ4n) is 1.16. The molecule has 2 rings (SSSR count). The molecule has 0 fully saturated rings. The van der Waals surface area contributed by atoms with E-state index in [1.54, 1.807) is 18.2 Å². The van der Waals surface area contributed by atoms with Gasteiger partial charge in [-0.25, -0.2) is 4.39 Å². The van der Waals surface area contributed by atoms with Gasteiger partial charge in [0.15, 0.2) is 5.17 Å².